The van der Waals surface area contributed by atoms with E-state index in [1.165, 1.54) is 45.6 Å². The van der Waals surface area contributed by atoms with E-state index in [-0.39, 0.29) is 16.5 Å². The molecule has 0 heterocycles. The van der Waals surface area contributed by atoms with Gasteiger partial charge < -0.3 is 19.5 Å². The average molecular weight is 493 g/mol. The van der Waals surface area contributed by atoms with Crippen LogP contribution in [-0.2, 0) is 10.0 Å². The molecule has 0 bridgehead atoms. The minimum Gasteiger partial charge on any atom is -0.497 e. The summed E-state index contributed by atoms with van der Waals surface area (Å²) in [6.07, 6.45) is 0. The van der Waals surface area contributed by atoms with Crippen molar-refractivity contribution in [1.29, 1.82) is 0 Å². The van der Waals surface area contributed by atoms with Gasteiger partial charge in [-0.3, -0.25) is 9.52 Å². The number of anilines is 2. The van der Waals surface area contributed by atoms with Crippen molar-refractivity contribution < 1.29 is 27.4 Å². The van der Waals surface area contributed by atoms with E-state index in [9.17, 15) is 13.2 Å². The third kappa shape index (κ3) is 5.15. The molecule has 0 aromatic heterocycles. The van der Waals surface area contributed by atoms with Crippen LogP contribution in [0.1, 0.15) is 10.4 Å². The summed E-state index contributed by atoms with van der Waals surface area (Å²) < 4.78 is 44.1. The number of methoxy groups -OCH3 is 3. The van der Waals surface area contributed by atoms with E-state index in [1.54, 1.807) is 30.3 Å². The molecule has 0 aliphatic rings. The highest BCUT2D eigenvalue weighted by Crippen LogP contribution is 2.31. The Morgan fingerprint density at radius 3 is 2.03 bits per heavy atom. The Bertz CT molecular complexity index is 1480. The number of hydrogen-bond acceptors (Lipinski definition) is 6. The lowest BCUT2D eigenvalue weighted by atomic mass is 10.1. The Kier molecular flexibility index (Phi) is 6.79. The van der Waals surface area contributed by atoms with Gasteiger partial charge in [-0.15, -0.1) is 0 Å². The van der Waals surface area contributed by atoms with Gasteiger partial charge in [0.2, 0.25) is 0 Å². The molecule has 0 fully saturated rings. The Labute approximate surface area is 203 Å². The highest BCUT2D eigenvalue weighted by atomic mass is 32.2. The van der Waals surface area contributed by atoms with Crippen LogP contribution >= 0.6 is 0 Å². The highest BCUT2D eigenvalue weighted by molar-refractivity contribution is 7.92. The second-order valence-electron chi connectivity index (χ2n) is 7.55. The van der Waals surface area contributed by atoms with Gasteiger partial charge in [0, 0.05) is 11.8 Å². The second kappa shape index (κ2) is 9.94. The summed E-state index contributed by atoms with van der Waals surface area (Å²) in [5, 5.41) is 4.65. The van der Waals surface area contributed by atoms with Gasteiger partial charge in [-0.05, 0) is 59.3 Å². The Balaban J connectivity index is 1.53. The molecule has 8 nitrogen and oxygen atoms in total. The van der Waals surface area contributed by atoms with Gasteiger partial charge in [0.15, 0.2) is 0 Å². The highest BCUT2D eigenvalue weighted by Gasteiger charge is 2.18. The zero-order valence-corrected chi connectivity index (χ0v) is 20.2. The van der Waals surface area contributed by atoms with Crippen LogP contribution < -0.4 is 24.2 Å². The summed E-state index contributed by atoms with van der Waals surface area (Å²) in [4.78, 5) is 13.0. The first-order valence-electron chi connectivity index (χ1n) is 10.6. The Morgan fingerprint density at radius 2 is 1.40 bits per heavy atom. The predicted octanol–water partition coefficient (Wildman–Crippen LogP) is 4.92. The number of sulfonamides is 1. The van der Waals surface area contributed by atoms with Crippen LogP contribution in [0, 0.1) is 0 Å². The van der Waals surface area contributed by atoms with Crippen LogP contribution in [0.4, 0.5) is 11.4 Å². The van der Waals surface area contributed by atoms with Crippen molar-refractivity contribution in [3.8, 4) is 17.2 Å². The van der Waals surface area contributed by atoms with E-state index >= 15 is 0 Å². The lowest BCUT2D eigenvalue weighted by Gasteiger charge is -2.14. The molecule has 9 heteroatoms. The fourth-order valence-corrected chi connectivity index (χ4v) is 4.64. The summed E-state index contributed by atoms with van der Waals surface area (Å²) in [6.45, 7) is 0. The van der Waals surface area contributed by atoms with E-state index in [0.717, 1.165) is 10.8 Å². The summed E-state index contributed by atoms with van der Waals surface area (Å²) >= 11 is 0. The van der Waals surface area contributed by atoms with Crippen LogP contribution in [0.25, 0.3) is 10.8 Å². The Morgan fingerprint density at radius 1 is 0.743 bits per heavy atom. The zero-order chi connectivity index (χ0) is 25.0. The third-order valence-electron chi connectivity index (χ3n) is 5.39. The van der Waals surface area contributed by atoms with E-state index in [1.807, 2.05) is 24.3 Å². The number of rotatable bonds is 8. The van der Waals surface area contributed by atoms with Gasteiger partial charge in [-0.1, -0.05) is 24.3 Å². The molecule has 0 aliphatic carbocycles. The number of fused-ring (bicyclic) bond motifs is 1. The quantitative estimate of drug-likeness (QED) is 0.362. The molecule has 4 aromatic rings. The maximum atomic E-state index is 12.9. The van der Waals surface area contributed by atoms with Crippen LogP contribution in [0.15, 0.2) is 83.8 Å². The molecule has 0 saturated heterocycles. The van der Waals surface area contributed by atoms with Crippen molar-refractivity contribution in [2.24, 2.45) is 0 Å². The second-order valence-corrected chi connectivity index (χ2v) is 9.23. The molecule has 35 heavy (non-hydrogen) atoms. The molecular weight excluding hydrogens is 468 g/mol. The standard InChI is InChI=1S/C26H24N2O6S/c1-32-20-10-13-23(25(16-20)34-3)28-35(30,31)21-11-8-19(9-12-21)27-26(29)22-14-17-6-4-5-7-18(17)15-24(22)33-2/h4-16,28H,1-3H3,(H,27,29). The maximum Gasteiger partial charge on any atom is 0.262 e. The van der Waals surface area contributed by atoms with Crippen molar-refractivity contribution in [3.05, 3.63) is 84.4 Å². The van der Waals surface area contributed by atoms with Crippen LogP contribution in [-0.4, -0.2) is 35.7 Å². The fraction of sp³-hybridized carbons (Fsp3) is 0.115. The van der Waals surface area contributed by atoms with Crippen molar-refractivity contribution in [2.75, 3.05) is 31.4 Å². The number of amides is 1. The summed E-state index contributed by atoms with van der Waals surface area (Å²) in [6, 6.07) is 21.8. The van der Waals surface area contributed by atoms with Crippen molar-refractivity contribution in [3.63, 3.8) is 0 Å². The lowest BCUT2D eigenvalue weighted by molar-refractivity contribution is 0.102. The molecule has 0 aliphatic heterocycles. The first kappa shape index (κ1) is 23.9. The summed E-state index contributed by atoms with van der Waals surface area (Å²) in [7, 11) is 0.552. The minimum absolute atomic E-state index is 0.0247. The topological polar surface area (TPSA) is 103 Å². The first-order chi connectivity index (χ1) is 16.8. The molecule has 4 rings (SSSR count). The van der Waals surface area contributed by atoms with Crippen molar-refractivity contribution in [2.45, 2.75) is 4.90 Å². The van der Waals surface area contributed by atoms with Gasteiger partial charge in [-0.2, -0.15) is 0 Å². The molecular formula is C26H24N2O6S. The average Bonchev–Trinajstić information content (AvgIpc) is 2.88. The van der Waals surface area contributed by atoms with Crippen LogP contribution in [0.2, 0.25) is 0 Å². The summed E-state index contributed by atoms with van der Waals surface area (Å²) in [5.41, 5.74) is 1.08. The number of ether oxygens (including phenoxy) is 3. The van der Waals surface area contributed by atoms with E-state index in [2.05, 4.69) is 10.0 Å². The van der Waals surface area contributed by atoms with Gasteiger partial charge >= 0.3 is 0 Å². The largest absolute Gasteiger partial charge is 0.497 e. The molecule has 0 spiro atoms. The fourth-order valence-electron chi connectivity index (χ4n) is 3.57. The molecule has 2 N–H and O–H groups in total. The van der Waals surface area contributed by atoms with E-state index in [0.29, 0.717) is 28.5 Å². The minimum atomic E-state index is -3.90. The number of benzene rings is 4. The van der Waals surface area contributed by atoms with Crippen LogP contribution in [0.3, 0.4) is 0 Å². The third-order valence-corrected chi connectivity index (χ3v) is 6.77. The number of hydrogen-bond donors (Lipinski definition) is 2. The molecule has 0 unspecified atom stereocenters. The monoisotopic (exact) mass is 492 g/mol. The molecule has 0 radical (unpaired) electrons. The smallest absolute Gasteiger partial charge is 0.262 e. The molecule has 0 saturated carbocycles. The van der Waals surface area contributed by atoms with E-state index < -0.39 is 10.0 Å². The summed E-state index contributed by atoms with van der Waals surface area (Å²) in [5.74, 6) is 0.927. The number of carbonyl (C=O) groups is 1. The zero-order valence-electron chi connectivity index (χ0n) is 19.4. The normalized spacial score (nSPS) is 11.1. The Hall–Kier alpha value is -4.24. The van der Waals surface area contributed by atoms with Gasteiger partial charge in [-0.25, -0.2) is 8.42 Å². The number of nitrogens with one attached hydrogen (secondary N) is 2. The maximum absolute atomic E-state index is 12.9. The van der Waals surface area contributed by atoms with E-state index in [4.69, 9.17) is 14.2 Å². The molecule has 1 amide bonds. The number of carbonyl (C=O) groups excluding carboxylic acids is 1. The first-order valence-corrected chi connectivity index (χ1v) is 12.1. The SMILES string of the molecule is COc1ccc(NS(=O)(=O)c2ccc(NC(=O)c3cc4ccccc4cc3OC)cc2)c(OC)c1. The molecule has 0 atom stereocenters. The van der Waals surface area contributed by atoms with Gasteiger partial charge in [0.25, 0.3) is 15.9 Å². The molecule has 4 aromatic carbocycles. The lowest BCUT2D eigenvalue weighted by Crippen LogP contribution is -2.15. The van der Waals surface area contributed by atoms with Crippen molar-refractivity contribution in [1.82, 2.24) is 0 Å². The van der Waals surface area contributed by atoms with Gasteiger partial charge in [0.1, 0.15) is 17.2 Å². The van der Waals surface area contributed by atoms with Crippen molar-refractivity contribution >= 4 is 38.1 Å². The molecule has 180 valence electrons. The van der Waals surface area contributed by atoms with Gasteiger partial charge in [0.05, 0.1) is 37.5 Å². The van der Waals surface area contributed by atoms with Crippen LogP contribution in [0.5, 0.6) is 17.2 Å². The predicted molar refractivity (Wildman–Crippen MR) is 135 cm³/mol.